The summed E-state index contributed by atoms with van der Waals surface area (Å²) in [6.07, 6.45) is 2.38. The lowest BCUT2D eigenvalue weighted by molar-refractivity contribution is 0.227. The minimum absolute atomic E-state index is 0.128. The van der Waals surface area contributed by atoms with E-state index in [9.17, 15) is 4.79 Å². The zero-order valence-electron chi connectivity index (χ0n) is 14.9. The smallest absolute Gasteiger partial charge is 0.319 e. The number of rotatable bonds is 6. The molecule has 2 aromatic carbocycles. The van der Waals surface area contributed by atoms with Gasteiger partial charge in [0.2, 0.25) is 0 Å². The van der Waals surface area contributed by atoms with Crippen LogP contribution in [0.25, 0.3) is 0 Å². The van der Waals surface area contributed by atoms with Gasteiger partial charge in [0.05, 0.1) is 13.2 Å². The van der Waals surface area contributed by atoms with Crippen LogP contribution in [0.1, 0.15) is 24.4 Å². The average molecular weight is 374 g/mol. The standard InChI is InChI=1S/C20H24ClN3O2/c1-26-18-6-4-5-15(13-18)19(24-11-2-3-12-24)14-22-20(25)23-17-9-7-16(21)8-10-17/h4-10,13,19H,2-3,11-12,14H2,1H3,(H2,22,23,25)/t19-/m1/s1. The van der Waals surface area contributed by atoms with Crippen molar-refractivity contribution in [3.05, 3.63) is 59.1 Å². The van der Waals surface area contributed by atoms with Gasteiger partial charge >= 0.3 is 6.03 Å². The van der Waals surface area contributed by atoms with Crippen molar-refractivity contribution in [3.8, 4) is 5.75 Å². The first-order valence-corrected chi connectivity index (χ1v) is 9.22. The average Bonchev–Trinajstić information content (AvgIpc) is 3.18. The second kappa shape index (κ2) is 8.92. The Balaban J connectivity index is 1.65. The number of nitrogens with one attached hydrogen (secondary N) is 2. The van der Waals surface area contributed by atoms with Gasteiger partial charge in [-0.25, -0.2) is 4.79 Å². The normalized spacial score (nSPS) is 15.5. The number of hydrogen-bond donors (Lipinski definition) is 2. The monoisotopic (exact) mass is 373 g/mol. The van der Waals surface area contributed by atoms with Crippen molar-refractivity contribution >= 4 is 23.3 Å². The van der Waals surface area contributed by atoms with Gasteiger partial charge in [-0.15, -0.1) is 0 Å². The summed E-state index contributed by atoms with van der Waals surface area (Å²) in [6.45, 7) is 2.62. The molecule has 0 spiro atoms. The largest absolute Gasteiger partial charge is 0.497 e. The Morgan fingerprint density at radius 2 is 1.92 bits per heavy atom. The van der Waals surface area contributed by atoms with Crippen LogP contribution in [0.5, 0.6) is 5.75 Å². The summed E-state index contributed by atoms with van der Waals surface area (Å²) in [5.74, 6) is 0.831. The number of anilines is 1. The first kappa shape index (κ1) is 18.5. The molecule has 0 aromatic heterocycles. The molecule has 1 atom stereocenters. The molecule has 0 saturated carbocycles. The Bertz CT molecular complexity index is 730. The van der Waals surface area contributed by atoms with Crippen LogP contribution >= 0.6 is 11.6 Å². The molecule has 5 nitrogen and oxygen atoms in total. The van der Waals surface area contributed by atoms with Gasteiger partial charge in [0, 0.05) is 17.3 Å². The van der Waals surface area contributed by atoms with E-state index in [1.165, 1.54) is 12.8 Å². The second-order valence-corrected chi connectivity index (χ2v) is 6.81. The van der Waals surface area contributed by atoms with Crippen molar-refractivity contribution < 1.29 is 9.53 Å². The quantitative estimate of drug-likeness (QED) is 0.793. The zero-order valence-corrected chi connectivity index (χ0v) is 15.6. The van der Waals surface area contributed by atoms with Crippen LogP contribution in [-0.2, 0) is 0 Å². The molecule has 1 aliphatic rings. The molecule has 2 N–H and O–H groups in total. The third-order valence-corrected chi connectivity index (χ3v) is 4.87. The molecule has 1 heterocycles. The Morgan fingerprint density at radius 1 is 1.19 bits per heavy atom. The number of carbonyl (C=O) groups is 1. The first-order chi connectivity index (χ1) is 12.7. The van der Waals surface area contributed by atoms with Crippen molar-refractivity contribution in [2.45, 2.75) is 18.9 Å². The molecule has 0 radical (unpaired) electrons. The number of ether oxygens (including phenoxy) is 1. The molecular formula is C20H24ClN3O2. The van der Waals surface area contributed by atoms with Gasteiger partial charge in [0.25, 0.3) is 0 Å². The number of hydrogen-bond acceptors (Lipinski definition) is 3. The predicted octanol–water partition coefficient (Wildman–Crippen LogP) is 4.31. The van der Waals surface area contributed by atoms with Gasteiger partial charge in [0.1, 0.15) is 5.75 Å². The number of likely N-dealkylation sites (tertiary alicyclic amines) is 1. The fraction of sp³-hybridized carbons (Fsp3) is 0.350. The van der Waals surface area contributed by atoms with E-state index >= 15 is 0 Å². The Hall–Kier alpha value is -2.24. The molecule has 1 saturated heterocycles. The lowest BCUT2D eigenvalue weighted by Gasteiger charge is -2.28. The summed E-state index contributed by atoms with van der Waals surface area (Å²) in [4.78, 5) is 14.7. The van der Waals surface area contributed by atoms with E-state index in [0.29, 0.717) is 17.3 Å². The molecular weight excluding hydrogens is 350 g/mol. The predicted molar refractivity (Wildman–Crippen MR) is 105 cm³/mol. The lowest BCUT2D eigenvalue weighted by atomic mass is 10.1. The van der Waals surface area contributed by atoms with E-state index in [1.807, 2.05) is 18.2 Å². The molecule has 0 bridgehead atoms. The Morgan fingerprint density at radius 3 is 2.62 bits per heavy atom. The molecule has 26 heavy (non-hydrogen) atoms. The van der Waals surface area contributed by atoms with Crippen molar-refractivity contribution in [2.75, 3.05) is 32.1 Å². The van der Waals surface area contributed by atoms with Gasteiger partial charge in [0.15, 0.2) is 0 Å². The van der Waals surface area contributed by atoms with E-state index in [-0.39, 0.29) is 12.1 Å². The number of nitrogens with zero attached hydrogens (tertiary/aromatic N) is 1. The third-order valence-electron chi connectivity index (χ3n) is 4.62. The number of urea groups is 1. The molecule has 6 heteroatoms. The number of methoxy groups -OCH3 is 1. The highest BCUT2D eigenvalue weighted by molar-refractivity contribution is 6.30. The summed E-state index contributed by atoms with van der Waals surface area (Å²) in [5.41, 5.74) is 1.86. The van der Waals surface area contributed by atoms with Crippen LogP contribution in [0.2, 0.25) is 5.02 Å². The topological polar surface area (TPSA) is 53.6 Å². The Kier molecular flexibility index (Phi) is 6.36. The van der Waals surface area contributed by atoms with Crippen molar-refractivity contribution in [3.63, 3.8) is 0 Å². The summed E-state index contributed by atoms with van der Waals surface area (Å²) in [6, 6.07) is 15.0. The molecule has 2 amide bonds. The molecule has 2 aromatic rings. The highest BCUT2D eigenvalue weighted by atomic mass is 35.5. The van der Waals surface area contributed by atoms with Crippen molar-refractivity contribution in [1.29, 1.82) is 0 Å². The molecule has 1 aliphatic heterocycles. The van der Waals surface area contributed by atoms with E-state index in [1.54, 1.807) is 31.4 Å². The zero-order chi connectivity index (χ0) is 18.4. The minimum atomic E-state index is -0.223. The summed E-state index contributed by atoms with van der Waals surface area (Å²) in [7, 11) is 1.67. The van der Waals surface area contributed by atoms with Crippen molar-refractivity contribution in [1.82, 2.24) is 10.2 Å². The van der Waals surface area contributed by atoms with Crippen LogP contribution in [0.4, 0.5) is 10.5 Å². The first-order valence-electron chi connectivity index (χ1n) is 8.84. The molecule has 3 rings (SSSR count). The van der Waals surface area contributed by atoms with Crippen LogP contribution in [0, 0.1) is 0 Å². The molecule has 0 unspecified atom stereocenters. The maximum Gasteiger partial charge on any atom is 0.319 e. The van der Waals surface area contributed by atoms with Crippen molar-refractivity contribution in [2.24, 2.45) is 0 Å². The second-order valence-electron chi connectivity index (χ2n) is 6.38. The number of carbonyl (C=O) groups excluding carboxylic acids is 1. The van der Waals surface area contributed by atoms with Gasteiger partial charge < -0.3 is 15.4 Å². The molecule has 138 valence electrons. The minimum Gasteiger partial charge on any atom is -0.497 e. The Labute approximate surface area is 159 Å². The summed E-state index contributed by atoms with van der Waals surface area (Å²) >= 11 is 5.87. The van der Waals surface area contributed by atoms with Gasteiger partial charge in [-0.1, -0.05) is 23.7 Å². The van der Waals surface area contributed by atoms with Crippen LogP contribution < -0.4 is 15.4 Å². The molecule has 1 fully saturated rings. The number of benzene rings is 2. The van der Waals surface area contributed by atoms with Crippen LogP contribution in [-0.4, -0.2) is 37.7 Å². The SMILES string of the molecule is COc1cccc([C@@H](CNC(=O)Nc2ccc(Cl)cc2)N2CCCC2)c1. The van der Waals surface area contributed by atoms with Crippen LogP contribution in [0.15, 0.2) is 48.5 Å². The lowest BCUT2D eigenvalue weighted by Crippen LogP contribution is -2.38. The van der Waals surface area contributed by atoms with E-state index in [0.717, 1.165) is 24.4 Å². The fourth-order valence-electron chi connectivity index (χ4n) is 3.26. The maximum absolute atomic E-state index is 12.3. The molecule has 0 aliphatic carbocycles. The van der Waals surface area contributed by atoms with Crippen LogP contribution in [0.3, 0.4) is 0 Å². The van der Waals surface area contributed by atoms with E-state index < -0.39 is 0 Å². The summed E-state index contributed by atoms with van der Waals surface area (Å²) < 4.78 is 5.35. The highest BCUT2D eigenvalue weighted by Gasteiger charge is 2.24. The highest BCUT2D eigenvalue weighted by Crippen LogP contribution is 2.27. The third kappa shape index (κ3) is 4.90. The summed E-state index contributed by atoms with van der Waals surface area (Å²) in [5, 5.41) is 6.47. The van der Waals surface area contributed by atoms with Gasteiger partial charge in [-0.2, -0.15) is 0 Å². The van der Waals surface area contributed by atoms with E-state index in [2.05, 4.69) is 21.6 Å². The van der Waals surface area contributed by atoms with E-state index in [4.69, 9.17) is 16.3 Å². The fourth-order valence-corrected chi connectivity index (χ4v) is 3.38. The maximum atomic E-state index is 12.3. The number of halogens is 1. The van der Waals surface area contributed by atoms with Gasteiger partial charge in [-0.3, -0.25) is 4.90 Å². The number of amides is 2. The van der Waals surface area contributed by atoms with Gasteiger partial charge in [-0.05, 0) is 67.9 Å².